The maximum atomic E-state index is 15.2. The lowest BCUT2D eigenvalue weighted by molar-refractivity contribution is -0.121. The van der Waals surface area contributed by atoms with Crippen LogP contribution in [0.1, 0.15) is 44.8 Å². The predicted molar refractivity (Wildman–Crippen MR) is 149 cm³/mol. The molecule has 1 N–H and O–H groups in total. The summed E-state index contributed by atoms with van der Waals surface area (Å²) in [6.07, 6.45) is 1.45. The second kappa shape index (κ2) is 12.1. The van der Waals surface area contributed by atoms with Gasteiger partial charge in [-0.1, -0.05) is 54.1 Å². The third-order valence-electron chi connectivity index (χ3n) is 6.57. The average molecular weight is 562 g/mol. The summed E-state index contributed by atoms with van der Waals surface area (Å²) in [5.41, 5.74) is 0.759. The number of ether oxygens (including phenoxy) is 1. The lowest BCUT2D eigenvalue weighted by Gasteiger charge is -2.22. The van der Waals surface area contributed by atoms with Crippen molar-refractivity contribution < 1.29 is 28.6 Å². The van der Waals surface area contributed by atoms with E-state index < -0.39 is 29.2 Å². The highest BCUT2D eigenvalue weighted by molar-refractivity contribution is 6.31. The van der Waals surface area contributed by atoms with E-state index in [2.05, 4.69) is 0 Å². The number of hydrogen-bond donors (Lipinski definition) is 1. The standard InChI is InChI=1S/C31H25ClFNO6/c1-18(35)22-12-13-24(32)30(33)29(22)23-16-28(37)34(17-27(23)40-2)25(14-19-6-4-3-5-7-19)26(36)15-20-8-10-21(11-9-20)31(38)39/h3-13,16-17,25H,14-15H2,1-2H3,(H,38,39)/t25-/m0/s1. The van der Waals surface area contributed by atoms with Gasteiger partial charge < -0.3 is 14.4 Å². The van der Waals surface area contributed by atoms with Gasteiger partial charge in [-0.2, -0.15) is 0 Å². The highest BCUT2D eigenvalue weighted by atomic mass is 35.5. The van der Waals surface area contributed by atoms with Gasteiger partial charge in [0.15, 0.2) is 11.6 Å². The Morgan fingerprint density at radius 3 is 2.27 bits per heavy atom. The van der Waals surface area contributed by atoms with E-state index in [0.29, 0.717) is 5.56 Å². The first-order chi connectivity index (χ1) is 19.1. The van der Waals surface area contributed by atoms with Crippen molar-refractivity contribution in [2.45, 2.75) is 25.8 Å². The maximum absolute atomic E-state index is 15.2. The van der Waals surface area contributed by atoms with Crippen LogP contribution in [0.3, 0.4) is 0 Å². The van der Waals surface area contributed by atoms with Gasteiger partial charge in [-0.3, -0.25) is 14.4 Å². The van der Waals surface area contributed by atoms with Crippen LogP contribution in [-0.4, -0.2) is 34.3 Å². The molecule has 204 valence electrons. The Kier molecular flexibility index (Phi) is 8.60. The Bertz CT molecular complexity index is 1650. The molecule has 0 aliphatic rings. The number of aromatic carboxylic acids is 1. The molecule has 0 aliphatic heterocycles. The summed E-state index contributed by atoms with van der Waals surface area (Å²) >= 11 is 6.01. The van der Waals surface area contributed by atoms with Gasteiger partial charge in [0.05, 0.1) is 29.9 Å². The molecule has 0 saturated heterocycles. The van der Waals surface area contributed by atoms with Crippen LogP contribution in [-0.2, 0) is 17.6 Å². The van der Waals surface area contributed by atoms with Crippen LogP contribution in [0.25, 0.3) is 11.1 Å². The summed E-state index contributed by atoms with van der Waals surface area (Å²) in [4.78, 5) is 50.6. The number of carbonyl (C=O) groups is 3. The number of rotatable bonds is 10. The number of carbonyl (C=O) groups excluding carboxylic acids is 2. The molecule has 3 aromatic carbocycles. The van der Waals surface area contributed by atoms with Crippen molar-refractivity contribution in [1.29, 1.82) is 0 Å². The number of carboxylic acids is 1. The number of pyridine rings is 1. The molecule has 9 heteroatoms. The van der Waals surface area contributed by atoms with E-state index in [0.717, 1.165) is 11.6 Å². The smallest absolute Gasteiger partial charge is 0.335 e. The van der Waals surface area contributed by atoms with Crippen LogP contribution in [0.5, 0.6) is 5.75 Å². The summed E-state index contributed by atoms with van der Waals surface area (Å²) in [5, 5.41) is 8.93. The molecule has 7 nitrogen and oxygen atoms in total. The van der Waals surface area contributed by atoms with Crippen LogP contribution in [0, 0.1) is 5.82 Å². The van der Waals surface area contributed by atoms with Gasteiger partial charge in [-0.15, -0.1) is 0 Å². The molecule has 1 heterocycles. The number of halogens is 2. The van der Waals surface area contributed by atoms with Crippen molar-refractivity contribution in [2.24, 2.45) is 0 Å². The van der Waals surface area contributed by atoms with Crippen molar-refractivity contribution in [3.8, 4) is 16.9 Å². The third kappa shape index (κ3) is 6.02. The van der Waals surface area contributed by atoms with Crippen LogP contribution in [0.15, 0.2) is 83.8 Å². The Hall–Kier alpha value is -4.56. The number of methoxy groups -OCH3 is 1. The van der Waals surface area contributed by atoms with Gasteiger partial charge in [-0.05, 0) is 42.3 Å². The molecule has 0 amide bonds. The molecule has 0 fully saturated rings. The van der Waals surface area contributed by atoms with E-state index in [9.17, 15) is 19.2 Å². The zero-order chi connectivity index (χ0) is 29.0. The molecule has 40 heavy (non-hydrogen) atoms. The van der Waals surface area contributed by atoms with Gasteiger partial charge in [0.2, 0.25) is 0 Å². The zero-order valence-corrected chi connectivity index (χ0v) is 22.4. The van der Waals surface area contributed by atoms with E-state index in [-0.39, 0.29) is 51.7 Å². The van der Waals surface area contributed by atoms with Gasteiger partial charge in [0, 0.05) is 35.6 Å². The fourth-order valence-electron chi connectivity index (χ4n) is 4.53. The minimum atomic E-state index is -1.08. The first-order valence-corrected chi connectivity index (χ1v) is 12.7. The molecule has 1 aromatic heterocycles. The quantitative estimate of drug-likeness (QED) is 0.245. The second-order valence-electron chi connectivity index (χ2n) is 9.19. The van der Waals surface area contributed by atoms with E-state index in [1.54, 1.807) is 12.1 Å². The molecule has 0 radical (unpaired) electrons. The molecule has 0 aliphatic carbocycles. The summed E-state index contributed by atoms with van der Waals surface area (Å²) in [7, 11) is 1.33. The van der Waals surface area contributed by atoms with E-state index >= 15 is 4.39 Å². The number of carboxylic acid groups (broad SMARTS) is 1. The fourth-order valence-corrected chi connectivity index (χ4v) is 4.68. The van der Waals surface area contributed by atoms with Crippen LogP contribution < -0.4 is 10.3 Å². The molecule has 4 aromatic rings. The van der Waals surface area contributed by atoms with Crippen molar-refractivity contribution in [3.63, 3.8) is 0 Å². The minimum Gasteiger partial charge on any atom is -0.495 e. The lowest BCUT2D eigenvalue weighted by atomic mass is 9.95. The van der Waals surface area contributed by atoms with E-state index in [4.69, 9.17) is 21.4 Å². The van der Waals surface area contributed by atoms with Gasteiger partial charge >= 0.3 is 5.97 Å². The monoisotopic (exact) mass is 561 g/mol. The Morgan fingerprint density at radius 2 is 1.68 bits per heavy atom. The number of Topliss-reactive ketones (excluding diaryl/α,β-unsaturated/α-hetero) is 2. The number of aromatic nitrogens is 1. The van der Waals surface area contributed by atoms with Crippen molar-refractivity contribution >= 4 is 29.1 Å². The predicted octanol–water partition coefficient (Wildman–Crippen LogP) is 5.81. The number of benzene rings is 3. The Morgan fingerprint density at radius 1 is 1.00 bits per heavy atom. The Labute approximate surface area is 234 Å². The van der Waals surface area contributed by atoms with Gasteiger partial charge in [0.1, 0.15) is 11.6 Å². The van der Waals surface area contributed by atoms with Crippen LogP contribution in [0.4, 0.5) is 4.39 Å². The normalized spacial score (nSPS) is 11.6. The van der Waals surface area contributed by atoms with E-state index in [1.807, 2.05) is 30.3 Å². The molecule has 0 saturated carbocycles. The van der Waals surface area contributed by atoms with Crippen LogP contribution in [0.2, 0.25) is 5.02 Å². The SMILES string of the molecule is COc1cn([C@@H](Cc2ccccc2)C(=O)Cc2ccc(C(=O)O)cc2)c(=O)cc1-c1c(C(C)=O)ccc(Cl)c1F. The average Bonchev–Trinajstić information content (AvgIpc) is 2.94. The minimum absolute atomic E-state index is 0.0269. The van der Waals surface area contributed by atoms with Gasteiger partial charge in [-0.25, -0.2) is 9.18 Å². The highest BCUT2D eigenvalue weighted by Crippen LogP contribution is 2.37. The molecular formula is C31H25ClFNO6. The second-order valence-corrected chi connectivity index (χ2v) is 9.60. The van der Waals surface area contributed by atoms with Crippen LogP contribution >= 0.6 is 11.6 Å². The summed E-state index contributed by atoms with van der Waals surface area (Å²) in [6.45, 7) is 1.28. The molecule has 0 bridgehead atoms. The van der Waals surface area contributed by atoms with Gasteiger partial charge in [0.25, 0.3) is 5.56 Å². The first-order valence-electron chi connectivity index (χ1n) is 12.3. The Balaban J connectivity index is 1.82. The third-order valence-corrected chi connectivity index (χ3v) is 6.86. The summed E-state index contributed by atoms with van der Waals surface area (Å²) < 4.78 is 22.0. The first kappa shape index (κ1) is 28.4. The zero-order valence-electron chi connectivity index (χ0n) is 21.7. The lowest BCUT2D eigenvalue weighted by Crippen LogP contribution is -2.32. The summed E-state index contributed by atoms with van der Waals surface area (Å²) in [5.74, 6) is -2.61. The van der Waals surface area contributed by atoms with E-state index in [1.165, 1.54) is 49.1 Å². The highest BCUT2D eigenvalue weighted by Gasteiger charge is 2.26. The molecule has 1 atom stereocenters. The molecule has 0 spiro atoms. The van der Waals surface area contributed by atoms with Crippen molar-refractivity contribution in [2.75, 3.05) is 7.11 Å². The number of hydrogen-bond acceptors (Lipinski definition) is 5. The number of nitrogens with zero attached hydrogens (tertiary/aromatic N) is 1. The largest absolute Gasteiger partial charge is 0.495 e. The fraction of sp³-hybridized carbons (Fsp3) is 0.161. The van der Waals surface area contributed by atoms with Crippen molar-refractivity contribution in [3.05, 3.63) is 122 Å². The molecule has 0 unspecified atom stereocenters. The molecular weight excluding hydrogens is 537 g/mol. The number of ketones is 2. The van der Waals surface area contributed by atoms with Crippen molar-refractivity contribution in [1.82, 2.24) is 4.57 Å². The summed E-state index contributed by atoms with van der Waals surface area (Å²) in [6, 6.07) is 17.9. The topological polar surface area (TPSA) is 103 Å². The molecule has 4 rings (SSSR count). The maximum Gasteiger partial charge on any atom is 0.335 e.